The number of nitrogens with one attached hydrogen (secondary N) is 1. The van der Waals surface area contributed by atoms with Crippen LogP contribution in [0.3, 0.4) is 0 Å². The number of hydrogen-bond donors (Lipinski definition) is 1. The summed E-state index contributed by atoms with van der Waals surface area (Å²) in [6.45, 7) is 2.25. The van der Waals surface area contributed by atoms with Crippen molar-refractivity contribution >= 4 is 34.7 Å². The predicted molar refractivity (Wildman–Crippen MR) is 88.5 cm³/mol. The van der Waals surface area contributed by atoms with E-state index in [2.05, 4.69) is 40.0 Å². The number of hydrazone groups is 1. The van der Waals surface area contributed by atoms with Crippen molar-refractivity contribution in [3.63, 3.8) is 0 Å². The fourth-order valence-electron chi connectivity index (χ4n) is 3.67. The van der Waals surface area contributed by atoms with Gasteiger partial charge in [0.1, 0.15) is 0 Å². The van der Waals surface area contributed by atoms with Gasteiger partial charge in [-0.2, -0.15) is 5.10 Å². The molecule has 0 saturated heterocycles. The third-order valence-corrected chi connectivity index (χ3v) is 5.88. The van der Waals surface area contributed by atoms with E-state index in [1.165, 1.54) is 25.7 Å². The Balaban J connectivity index is 1.60. The molecule has 20 heavy (non-hydrogen) atoms. The van der Waals surface area contributed by atoms with E-state index >= 15 is 0 Å². The highest BCUT2D eigenvalue weighted by Crippen LogP contribution is 2.66. The highest BCUT2D eigenvalue weighted by atomic mass is 127. The maximum atomic E-state index is 12.2. The van der Waals surface area contributed by atoms with Gasteiger partial charge in [0.25, 0.3) is 0 Å². The smallest absolute Gasteiger partial charge is 0.244 e. The third-order valence-electron chi connectivity index (χ3n) is 4.90. The number of carbonyl (C=O) groups excluding carboxylic acids is 1. The Morgan fingerprint density at radius 3 is 2.95 bits per heavy atom. The summed E-state index contributed by atoms with van der Waals surface area (Å²) in [5.41, 5.74) is 4.01. The first-order valence-corrected chi connectivity index (χ1v) is 8.28. The van der Waals surface area contributed by atoms with E-state index in [1.54, 1.807) is 6.21 Å². The number of halogens is 1. The second-order valence-corrected chi connectivity index (χ2v) is 7.25. The van der Waals surface area contributed by atoms with E-state index in [9.17, 15) is 4.79 Å². The quantitative estimate of drug-likeness (QED) is 0.485. The van der Waals surface area contributed by atoms with Crippen molar-refractivity contribution in [2.45, 2.75) is 32.6 Å². The molecule has 0 spiro atoms. The number of nitrogens with zero attached hydrogens (tertiary/aromatic N) is 1. The molecule has 1 aromatic carbocycles. The molecule has 3 nitrogen and oxygen atoms in total. The molecule has 1 aromatic rings. The molecule has 0 aliphatic heterocycles. The van der Waals surface area contributed by atoms with E-state index < -0.39 is 0 Å². The Kier molecular flexibility index (Phi) is 3.84. The minimum atomic E-state index is 0.0987. The molecule has 106 valence electrons. The van der Waals surface area contributed by atoms with Crippen LogP contribution >= 0.6 is 22.6 Å². The second kappa shape index (κ2) is 5.47. The van der Waals surface area contributed by atoms with Crippen LogP contribution in [0.15, 0.2) is 29.4 Å². The molecule has 1 amide bonds. The number of rotatable bonds is 3. The molecular weight excluding hydrogens is 363 g/mol. The molecule has 3 atom stereocenters. The van der Waals surface area contributed by atoms with E-state index in [1.807, 2.05) is 24.3 Å². The first kappa shape index (κ1) is 14.0. The van der Waals surface area contributed by atoms with Gasteiger partial charge in [0.2, 0.25) is 5.91 Å². The van der Waals surface area contributed by atoms with Gasteiger partial charge in [-0.05, 0) is 52.8 Å². The Morgan fingerprint density at radius 2 is 2.25 bits per heavy atom. The topological polar surface area (TPSA) is 41.5 Å². The van der Waals surface area contributed by atoms with E-state index in [0.717, 1.165) is 9.13 Å². The van der Waals surface area contributed by atoms with Gasteiger partial charge < -0.3 is 0 Å². The minimum absolute atomic E-state index is 0.0987. The van der Waals surface area contributed by atoms with Crippen molar-refractivity contribution < 1.29 is 4.79 Å². The SMILES string of the molecule is CC12CCCCC1C2C(=O)N/N=C/c1ccccc1I. The van der Waals surface area contributed by atoms with Crippen LogP contribution in [-0.4, -0.2) is 12.1 Å². The van der Waals surface area contributed by atoms with Gasteiger partial charge in [-0.1, -0.05) is 38.0 Å². The Labute approximate surface area is 133 Å². The lowest BCUT2D eigenvalue weighted by molar-refractivity contribution is -0.123. The van der Waals surface area contributed by atoms with Crippen molar-refractivity contribution in [2.24, 2.45) is 22.4 Å². The summed E-state index contributed by atoms with van der Waals surface area (Å²) in [5.74, 6) is 0.863. The lowest BCUT2D eigenvalue weighted by Crippen LogP contribution is -2.22. The van der Waals surface area contributed by atoms with Crippen LogP contribution in [0, 0.1) is 20.8 Å². The van der Waals surface area contributed by atoms with Crippen LogP contribution in [0.1, 0.15) is 38.2 Å². The van der Waals surface area contributed by atoms with Gasteiger partial charge in [-0.15, -0.1) is 0 Å². The lowest BCUT2D eigenvalue weighted by atomic mass is 9.90. The minimum Gasteiger partial charge on any atom is -0.273 e. The summed E-state index contributed by atoms with van der Waals surface area (Å²) in [6, 6.07) is 7.99. The maximum absolute atomic E-state index is 12.2. The molecule has 2 aliphatic rings. The second-order valence-electron chi connectivity index (χ2n) is 6.09. The lowest BCUT2D eigenvalue weighted by Gasteiger charge is -2.15. The first-order chi connectivity index (χ1) is 9.63. The van der Waals surface area contributed by atoms with Gasteiger partial charge in [-0.3, -0.25) is 4.79 Å². The largest absolute Gasteiger partial charge is 0.273 e. The highest BCUT2D eigenvalue weighted by molar-refractivity contribution is 14.1. The molecule has 2 aliphatic carbocycles. The molecule has 0 bridgehead atoms. The fourth-order valence-corrected chi connectivity index (χ4v) is 4.19. The number of carbonyl (C=O) groups is 1. The number of amides is 1. The number of benzene rings is 1. The standard InChI is InChI=1S/C16H19IN2O/c1-16-9-5-4-7-12(16)14(16)15(20)19-18-10-11-6-2-3-8-13(11)17/h2-3,6,8,10,12,14H,4-5,7,9H2,1H3,(H,19,20)/b18-10+. The van der Waals surface area contributed by atoms with Crippen LogP contribution in [0.25, 0.3) is 0 Å². The third kappa shape index (κ3) is 2.50. The van der Waals surface area contributed by atoms with Gasteiger partial charge in [0.05, 0.1) is 6.21 Å². The number of fused-ring (bicyclic) bond motifs is 1. The zero-order valence-electron chi connectivity index (χ0n) is 11.6. The molecule has 2 saturated carbocycles. The summed E-state index contributed by atoms with van der Waals surface area (Å²) < 4.78 is 1.13. The zero-order valence-corrected chi connectivity index (χ0v) is 13.8. The summed E-state index contributed by atoms with van der Waals surface area (Å²) in [4.78, 5) is 12.2. The molecule has 4 heteroatoms. The average molecular weight is 382 g/mol. The molecule has 2 fully saturated rings. The van der Waals surface area contributed by atoms with Crippen molar-refractivity contribution in [1.29, 1.82) is 0 Å². The van der Waals surface area contributed by atoms with Crippen molar-refractivity contribution in [3.05, 3.63) is 33.4 Å². The van der Waals surface area contributed by atoms with Gasteiger partial charge in [-0.25, -0.2) is 5.43 Å². The van der Waals surface area contributed by atoms with Crippen LogP contribution in [0.5, 0.6) is 0 Å². The summed E-state index contributed by atoms with van der Waals surface area (Å²) >= 11 is 2.27. The molecule has 0 radical (unpaired) electrons. The van der Waals surface area contributed by atoms with Crippen molar-refractivity contribution in [2.75, 3.05) is 0 Å². The number of hydrogen-bond acceptors (Lipinski definition) is 2. The van der Waals surface area contributed by atoms with Crippen molar-refractivity contribution in [3.8, 4) is 0 Å². The zero-order chi connectivity index (χ0) is 14.2. The monoisotopic (exact) mass is 382 g/mol. The van der Waals surface area contributed by atoms with E-state index in [0.29, 0.717) is 5.92 Å². The Hall–Kier alpha value is -0.910. The first-order valence-electron chi connectivity index (χ1n) is 7.20. The van der Waals surface area contributed by atoms with E-state index in [4.69, 9.17) is 0 Å². The van der Waals surface area contributed by atoms with E-state index in [-0.39, 0.29) is 17.2 Å². The molecular formula is C16H19IN2O. The van der Waals surface area contributed by atoms with Crippen LogP contribution < -0.4 is 5.43 Å². The predicted octanol–water partition coefficient (Wildman–Crippen LogP) is 3.57. The van der Waals surface area contributed by atoms with Crippen LogP contribution in [0.2, 0.25) is 0 Å². The molecule has 3 unspecified atom stereocenters. The van der Waals surface area contributed by atoms with Crippen molar-refractivity contribution in [1.82, 2.24) is 5.43 Å². The van der Waals surface area contributed by atoms with Gasteiger partial charge >= 0.3 is 0 Å². The summed E-state index contributed by atoms with van der Waals surface area (Å²) in [6.07, 6.45) is 6.66. The van der Waals surface area contributed by atoms with Gasteiger partial charge in [0.15, 0.2) is 0 Å². The molecule has 0 heterocycles. The fraction of sp³-hybridized carbons (Fsp3) is 0.500. The molecule has 1 N–H and O–H groups in total. The molecule has 3 rings (SSSR count). The van der Waals surface area contributed by atoms with Crippen LogP contribution in [-0.2, 0) is 4.79 Å². The average Bonchev–Trinajstić information content (AvgIpc) is 3.06. The molecule has 0 aromatic heterocycles. The normalized spacial score (nSPS) is 31.9. The summed E-state index contributed by atoms with van der Waals surface area (Å²) in [5, 5.41) is 4.12. The van der Waals surface area contributed by atoms with Gasteiger partial charge in [0, 0.05) is 15.1 Å². The van der Waals surface area contributed by atoms with Crippen LogP contribution in [0.4, 0.5) is 0 Å². The highest BCUT2D eigenvalue weighted by Gasteiger charge is 2.64. The summed E-state index contributed by atoms with van der Waals surface area (Å²) in [7, 11) is 0. The Morgan fingerprint density at radius 1 is 1.45 bits per heavy atom. The Bertz CT molecular complexity index is 557. The maximum Gasteiger partial charge on any atom is 0.244 e.